The summed E-state index contributed by atoms with van der Waals surface area (Å²) in [5.41, 5.74) is 0.857. The maximum absolute atomic E-state index is 12.1. The molecule has 0 atom stereocenters. The second-order valence-corrected chi connectivity index (χ2v) is 4.61. The predicted octanol–water partition coefficient (Wildman–Crippen LogP) is 1.79. The Morgan fingerprint density at radius 1 is 1.43 bits per heavy atom. The molecule has 6 heteroatoms. The summed E-state index contributed by atoms with van der Waals surface area (Å²) in [5.74, 6) is 1.93. The maximum Gasteiger partial charge on any atom is 0.246 e. The zero-order valence-electron chi connectivity index (χ0n) is 12.3. The number of aromatic amines is 1. The molecule has 6 nitrogen and oxygen atoms in total. The van der Waals surface area contributed by atoms with Gasteiger partial charge in [0.15, 0.2) is 5.82 Å². The number of ether oxygens (including phenoxy) is 1. The number of H-pyrrole nitrogens is 1. The summed E-state index contributed by atoms with van der Waals surface area (Å²) < 4.78 is 5.24. The Morgan fingerprint density at radius 3 is 2.86 bits per heavy atom. The number of likely N-dealkylation sites (N-methyl/N-ethyl adjacent to an activating group) is 1. The molecular formula is C15H18N4O2. The highest BCUT2D eigenvalue weighted by molar-refractivity contribution is 5.91. The number of carbonyl (C=O) groups excluding carboxylic acids is 1. The van der Waals surface area contributed by atoms with Crippen molar-refractivity contribution in [2.75, 3.05) is 14.2 Å². The number of nitrogens with one attached hydrogen (secondary N) is 1. The molecular weight excluding hydrogens is 268 g/mol. The summed E-state index contributed by atoms with van der Waals surface area (Å²) >= 11 is 0. The third-order valence-electron chi connectivity index (χ3n) is 2.94. The number of amides is 1. The summed E-state index contributed by atoms with van der Waals surface area (Å²) in [6, 6.07) is 7.52. The van der Waals surface area contributed by atoms with Crippen LogP contribution in [0.4, 0.5) is 0 Å². The van der Waals surface area contributed by atoms with Gasteiger partial charge in [-0.1, -0.05) is 18.2 Å². The Kier molecular flexibility index (Phi) is 4.71. The number of rotatable bonds is 5. The first-order valence-corrected chi connectivity index (χ1v) is 6.54. The molecule has 1 heterocycles. The highest BCUT2D eigenvalue weighted by Gasteiger charge is 2.09. The fourth-order valence-electron chi connectivity index (χ4n) is 1.84. The molecule has 0 radical (unpaired) electrons. The standard InChI is InChI=1S/C15H18N4O2/c1-11-16-14(18-17-11)10-19(2)15(20)9-8-12-6-4-5-7-13(12)21-3/h4-9H,10H2,1-3H3,(H,16,17,18). The van der Waals surface area contributed by atoms with Crippen LogP contribution in [0, 0.1) is 6.92 Å². The number of hydrogen-bond donors (Lipinski definition) is 1. The Bertz CT molecular complexity index is 649. The van der Waals surface area contributed by atoms with Crippen molar-refractivity contribution in [1.82, 2.24) is 20.1 Å². The Hall–Kier alpha value is -2.63. The molecule has 0 bridgehead atoms. The number of nitrogens with zero attached hydrogens (tertiary/aromatic N) is 3. The molecule has 0 aliphatic heterocycles. The SMILES string of the molecule is COc1ccccc1C=CC(=O)N(C)Cc1n[nH]c(C)n1. The normalized spacial score (nSPS) is 10.8. The highest BCUT2D eigenvalue weighted by Crippen LogP contribution is 2.18. The largest absolute Gasteiger partial charge is 0.496 e. The summed E-state index contributed by atoms with van der Waals surface area (Å²) in [6.07, 6.45) is 3.25. The molecule has 0 saturated heterocycles. The molecule has 2 aromatic rings. The first-order valence-electron chi connectivity index (χ1n) is 6.54. The molecule has 1 aromatic carbocycles. The van der Waals surface area contributed by atoms with E-state index in [0.29, 0.717) is 12.4 Å². The van der Waals surface area contributed by atoms with Gasteiger partial charge in [-0.05, 0) is 19.1 Å². The van der Waals surface area contributed by atoms with Gasteiger partial charge in [0.1, 0.15) is 11.6 Å². The maximum atomic E-state index is 12.1. The number of benzene rings is 1. The molecule has 110 valence electrons. The number of aromatic nitrogens is 3. The summed E-state index contributed by atoms with van der Waals surface area (Å²) in [4.78, 5) is 17.8. The van der Waals surface area contributed by atoms with Gasteiger partial charge in [0, 0.05) is 18.7 Å². The average molecular weight is 286 g/mol. The second kappa shape index (κ2) is 6.69. The van der Waals surface area contributed by atoms with Gasteiger partial charge in [0.2, 0.25) is 5.91 Å². The van der Waals surface area contributed by atoms with Gasteiger partial charge in [0.25, 0.3) is 0 Å². The molecule has 1 aromatic heterocycles. The molecule has 0 saturated carbocycles. The van der Waals surface area contributed by atoms with Gasteiger partial charge >= 0.3 is 0 Å². The van der Waals surface area contributed by atoms with Gasteiger partial charge in [-0.25, -0.2) is 4.98 Å². The first kappa shape index (κ1) is 14.8. The van der Waals surface area contributed by atoms with Crippen molar-refractivity contribution in [3.63, 3.8) is 0 Å². The monoisotopic (exact) mass is 286 g/mol. The highest BCUT2D eigenvalue weighted by atomic mass is 16.5. The summed E-state index contributed by atoms with van der Waals surface area (Å²) in [7, 11) is 3.31. The van der Waals surface area contributed by atoms with Gasteiger partial charge < -0.3 is 9.64 Å². The van der Waals surface area contributed by atoms with Crippen molar-refractivity contribution in [1.29, 1.82) is 0 Å². The number of methoxy groups -OCH3 is 1. The molecule has 0 aliphatic rings. The predicted molar refractivity (Wildman–Crippen MR) is 79.6 cm³/mol. The van der Waals surface area contributed by atoms with E-state index in [-0.39, 0.29) is 5.91 Å². The third-order valence-corrected chi connectivity index (χ3v) is 2.94. The van der Waals surface area contributed by atoms with E-state index in [1.807, 2.05) is 31.2 Å². The zero-order chi connectivity index (χ0) is 15.2. The third kappa shape index (κ3) is 3.92. The van der Waals surface area contributed by atoms with Crippen molar-refractivity contribution in [3.8, 4) is 5.75 Å². The van der Waals surface area contributed by atoms with Crippen molar-refractivity contribution >= 4 is 12.0 Å². The lowest BCUT2D eigenvalue weighted by Gasteiger charge is -2.12. The molecule has 2 rings (SSSR count). The number of para-hydroxylation sites is 1. The van der Waals surface area contributed by atoms with Gasteiger partial charge in [-0.3, -0.25) is 9.89 Å². The van der Waals surface area contributed by atoms with Crippen LogP contribution >= 0.6 is 0 Å². The van der Waals surface area contributed by atoms with Gasteiger partial charge in [-0.2, -0.15) is 5.10 Å². The Balaban J connectivity index is 2.01. The Morgan fingerprint density at radius 2 is 2.19 bits per heavy atom. The van der Waals surface area contributed by atoms with E-state index in [0.717, 1.165) is 17.1 Å². The van der Waals surface area contributed by atoms with Crippen molar-refractivity contribution in [2.24, 2.45) is 0 Å². The molecule has 1 N–H and O–H groups in total. The van der Waals surface area contributed by atoms with E-state index >= 15 is 0 Å². The van der Waals surface area contributed by atoms with Crippen LogP contribution < -0.4 is 4.74 Å². The van der Waals surface area contributed by atoms with Crippen molar-refractivity contribution in [2.45, 2.75) is 13.5 Å². The van der Waals surface area contributed by atoms with Crippen LogP contribution in [-0.4, -0.2) is 40.1 Å². The van der Waals surface area contributed by atoms with Gasteiger partial charge in [-0.15, -0.1) is 0 Å². The molecule has 0 fully saturated rings. The number of carbonyl (C=O) groups is 1. The van der Waals surface area contributed by atoms with E-state index in [9.17, 15) is 4.79 Å². The summed E-state index contributed by atoms with van der Waals surface area (Å²) in [5, 5.41) is 6.76. The first-order chi connectivity index (χ1) is 10.1. The van der Waals surface area contributed by atoms with Crippen molar-refractivity contribution in [3.05, 3.63) is 47.6 Å². The molecule has 1 amide bonds. The Labute approximate surface area is 123 Å². The minimum atomic E-state index is -0.122. The lowest BCUT2D eigenvalue weighted by atomic mass is 10.2. The number of aryl methyl sites for hydroxylation is 1. The van der Waals surface area contributed by atoms with Crippen molar-refractivity contribution < 1.29 is 9.53 Å². The minimum absolute atomic E-state index is 0.122. The van der Waals surface area contributed by atoms with E-state index in [2.05, 4.69) is 15.2 Å². The van der Waals surface area contributed by atoms with Crippen LogP contribution in [0.25, 0.3) is 6.08 Å². The average Bonchev–Trinajstić information content (AvgIpc) is 2.90. The van der Waals surface area contributed by atoms with Crippen LogP contribution in [0.1, 0.15) is 17.2 Å². The lowest BCUT2D eigenvalue weighted by molar-refractivity contribution is -0.125. The van der Waals surface area contributed by atoms with Crippen LogP contribution in [0.15, 0.2) is 30.3 Å². The van der Waals surface area contributed by atoms with Crippen LogP contribution in [0.2, 0.25) is 0 Å². The molecule has 0 spiro atoms. The minimum Gasteiger partial charge on any atom is -0.496 e. The van der Waals surface area contributed by atoms with Crippen LogP contribution in [-0.2, 0) is 11.3 Å². The topological polar surface area (TPSA) is 71.1 Å². The quantitative estimate of drug-likeness (QED) is 0.851. The van der Waals surface area contributed by atoms with Crippen LogP contribution in [0.3, 0.4) is 0 Å². The fourth-order valence-corrected chi connectivity index (χ4v) is 1.84. The van der Waals surface area contributed by atoms with Gasteiger partial charge in [0.05, 0.1) is 13.7 Å². The van der Waals surface area contributed by atoms with E-state index in [1.54, 1.807) is 25.1 Å². The molecule has 0 unspecified atom stereocenters. The van der Waals surface area contributed by atoms with E-state index in [1.165, 1.54) is 6.08 Å². The lowest BCUT2D eigenvalue weighted by Crippen LogP contribution is -2.24. The fraction of sp³-hybridized carbons (Fsp3) is 0.267. The van der Waals surface area contributed by atoms with E-state index in [4.69, 9.17) is 4.74 Å². The van der Waals surface area contributed by atoms with Crippen LogP contribution in [0.5, 0.6) is 5.75 Å². The smallest absolute Gasteiger partial charge is 0.246 e. The summed E-state index contributed by atoms with van der Waals surface area (Å²) in [6.45, 7) is 2.18. The van der Waals surface area contributed by atoms with E-state index < -0.39 is 0 Å². The molecule has 21 heavy (non-hydrogen) atoms. The zero-order valence-corrected chi connectivity index (χ0v) is 12.3. The second-order valence-electron chi connectivity index (χ2n) is 4.61. The molecule has 0 aliphatic carbocycles. The number of hydrogen-bond acceptors (Lipinski definition) is 4.